The van der Waals surface area contributed by atoms with Crippen LogP contribution in [0.1, 0.15) is 41.4 Å². The Balaban J connectivity index is 2.41. The molecule has 33 heavy (non-hydrogen) atoms. The minimum atomic E-state index is -0.738. The summed E-state index contributed by atoms with van der Waals surface area (Å²) >= 11 is 0. The molecule has 0 bridgehead atoms. The summed E-state index contributed by atoms with van der Waals surface area (Å²) in [5.74, 6) is -2.23. The summed E-state index contributed by atoms with van der Waals surface area (Å²) in [7, 11) is 4.11. The zero-order valence-corrected chi connectivity index (χ0v) is 19.3. The molecule has 182 valence electrons. The van der Waals surface area contributed by atoms with Gasteiger partial charge in [-0.1, -0.05) is 19.4 Å². The van der Waals surface area contributed by atoms with Gasteiger partial charge in [0.1, 0.15) is 11.6 Å². The van der Waals surface area contributed by atoms with Gasteiger partial charge in [0.05, 0.1) is 20.3 Å². The molecule has 1 aromatic heterocycles. The minimum Gasteiger partial charge on any atom is -0.487 e. The van der Waals surface area contributed by atoms with Crippen LogP contribution in [0.2, 0.25) is 0 Å². The Kier molecular flexibility index (Phi) is 10.4. The number of aromatic nitrogens is 1. The molecule has 8 nitrogen and oxygen atoms in total. The van der Waals surface area contributed by atoms with Gasteiger partial charge in [-0.3, -0.25) is 4.79 Å². The largest absolute Gasteiger partial charge is 0.487 e. The smallest absolute Gasteiger partial charge is 0.358 e. The number of benzene rings is 1. The number of rotatable bonds is 13. The Bertz CT molecular complexity index is 992. The third-order valence-corrected chi connectivity index (χ3v) is 4.95. The van der Waals surface area contributed by atoms with E-state index in [2.05, 4.69) is 5.32 Å². The highest BCUT2D eigenvalue weighted by molar-refractivity contribution is 5.90. The van der Waals surface area contributed by atoms with Crippen LogP contribution in [0.5, 0.6) is 5.75 Å². The van der Waals surface area contributed by atoms with Crippen LogP contribution in [0.3, 0.4) is 0 Å². The fraction of sp³-hybridized carbons (Fsp3) is 0.478. The van der Waals surface area contributed by atoms with Gasteiger partial charge in [0.2, 0.25) is 5.43 Å². The molecule has 0 atom stereocenters. The van der Waals surface area contributed by atoms with Crippen molar-refractivity contribution in [3.05, 3.63) is 63.1 Å². The zero-order valence-electron chi connectivity index (χ0n) is 19.3. The van der Waals surface area contributed by atoms with Gasteiger partial charge < -0.3 is 28.8 Å². The number of ether oxygens (including phenoxy) is 4. The molecular formula is C23H30F2N2O6. The van der Waals surface area contributed by atoms with Crippen LogP contribution in [0.15, 0.2) is 29.2 Å². The lowest BCUT2D eigenvalue weighted by Crippen LogP contribution is -2.30. The van der Waals surface area contributed by atoms with E-state index in [1.165, 1.54) is 38.2 Å². The first kappa shape index (κ1) is 26.4. The first-order chi connectivity index (χ1) is 15.9. The number of hydrogen-bond acceptors (Lipinski definition) is 7. The van der Waals surface area contributed by atoms with E-state index in [1.54, 1.807) is 0 Å². The second kappa shape index (κ2) is 13.0. The standard InChI is InChI=1S/C23H30F2N2O6/c1-5-6-9-33-22-20(23(29)32-4)27(14-19(30-2)31-3)13-16(21(22)28)12-26-11-15-7-8-17(24)10-18(15)25/h7-8,10,13,19,26H,5-6,9,11-12,14H2,1-4H3. The zero-order chi connectivity index (χ0) is 24.4. The quantitative estimate of drug-likeness (QED) is 0.275. The van der Waals surface area contributed by atoms with Crippen LogP contribution in [0.4, 0.5) is 8.78 Å². The van der Waals surface area contributed by atoms with Crippen LogP contribution < -0.4 is 15.5 Å². The molecule has 0 unspecified atom stereocenters. The van der Waals surface area contributed by atoms with E-state index in [1.807, 2.05) is 6.92 Å². The molecule has 1 heterocycles. The van der Waals surface area contributed by atoms with E-state index < -0.39 is 29.3 Å². The summed E-state index contributed by atoms with van der Waals surface area (Å²) in [5.41, 5.74) is -0.00368. The van der Waals surface area contributed by atoms with Gasteiger partial charge in [-0.15, -0.1) is 0 Å². The van der Waals surface area contributed by atoms with E-state index in [0.717, 1.165) is 18.6 Å². The molecule has 0 radical (unpaired) electrons. The molecule has 2 aromatic rings. The Morgan fingerprint density at radius 2 is 1.82 bits per heavy atom. The predicted octanol–water partition coefficient (Wildman–Crippen LogP) is 3.00. The maximum absolute atomic E-state index is 13.9. The summed E-state index contributed by atoms with van der Waals surface area (Å²) < 4.78 is 49.6. The molecule has 2 rings (SSSR count). The van der Waals surface area contributed by atoms with Crippen LogP contribution >= 0.6 is 0 Å². The lowest BCUT2D eigenvalue weighted by atomic mass is 10.1. The number of halogens is 2. The van der Waals surface area contributed by atoms with Crippen molar-refractivity contribution in [2.45, 2.75) is 45.7 Å². The summed E-state index contributed by atoms with van der Waals surface area (Å²) in [6, 6.07) is 3.29. The molecule has 0 saturated heterocycles. The lowest BCUT2D eigenvalue weighted by molar-refractivity contribution is -0.111. The molecule has 0 fully saturated rings. The topological polar surface area (TPSA) is 88.0 Å². The highest BCUT2D eigenvalue weighted by atomic mass is 19.1. The van der Waals surface area contributed by atoms with Crippen LogP contribution in [0.25, 0.3) is 0 Å². The third kappa shape index (κ3) is 7.08. The van der Waals surface area contributed by atoms with Crippen molar-refractivity contribution in [3.8, 4) is 5.75 Å². The number of unbranched alkanes of at least 4 members (excludes halogenated alkanes) is 1. The average Bonchev–Trinajstić information content (AvgIpc) is 2.80. The van der Waals surface area contributed by atoms with Crippen molar-refractivity contribution < 1.29 is 32.5 Å². The van der Waals surface area contributed by atoms with Gasteiger partial charge in [-0.2, -0.15) is 0 Å². The van der Waals surface area contributed by atoms with Gasteiger partial charge in [-0.25, -0.2) is 13.6 Å². The fourth-order valence-corrected chi connectivity index (χ4v) is 3.13. The van der Waals surface area contributed by atoms with Gasteiger partial charge in [0.15, 0.2) is 17.7 Å². The predicted molar refractivity (Wildman–Crippen MR) is 117 cm³/mol. The number of nitrogens with zero attached hydrogens (tertiary/aromatic N) is 1. The van der Waals surface area contributed by atoms with E-state index in [-0.39, 0.29) is 48.8 Å². The molecule has 0 aliphatic rings. The van der Waals surface area contributed by atoms with Crippen LogP contribution in [0, 0.1) is 11.6 Å². The second-order valence-electron chi connectivity index (χ2n) is 7.25. The van der Waals surface area contributed by atoms with Crippen molar-refractivity contribution in [1.82, 2.24) is 9.88 Å². The molecule has 0 amide bonds. The molecule has 0 aliphatic heterocycles. The van der Waals surface area contributed by atoms with E-state index in [0.29, 0.717) is 6.42 Å². The number of esters is 1. The number of hydrogen-bond donors (Lipinski definition) is 1. The lowest BCUT2D eigenvalue weighted by Gasteiger charge is -2.21. The van der Waals surface area contributed by atoms with E-state index in [9.17, 15) is 18.4 Å². The monoisotopic (exact) mass is 468 g/mol. The molecule has 0 aliphatic carbocycles. The van der Waals surface area contributed by atoms with Crippen molar-refractivity contribution >= 4 is 5.97 Å². The normalized spacial score (nSPS) is 11.1. The number of carbonyl (C=O) groups excluding carboxylic acids is 1. The number of carbonyl (C=O) groups is 1. The molecule has 1 N–H and O–H groups in total. The third-order valence-electron chi connectivity index (χ3n) is 4.95. The number of nitrogens with one attached hydrogen (secondary N) is 1. The minimum absolute atomic E-state index is 0.0475. The van der Waals surface area contributed by atoms with Gasteiger partial charge in [-0.05, 0) is 12.5 Å². The second-order valence-corrected chi connectivity index (χ2v) is 7.25. The molecule has 0 spiro atoms. The first-order valence-electron chi connectivity index (χ1n) is 10.5. The van der Waals surface area contributed by atoms with Gasteiger partial charge in [0.25, 0.3) is 0 Å². The fourth-order valence-electron chi connectivity index (χ4n) is 3.13. The summed E-state index contributed by atoms with van der Waals surface area (Å²) in [4.78, 5) is 25.7. The Labute approximate surface area is 191 Å². The number of pyridine rings is 1. The first-order valence-corrected chi connectivity index (χ1v) is 10.5. The number of methoxy groups -OCH3 is 3. The summed E-state index contributed by atoms with van der Waals surface area (Å²) in [6.07, 6.45) is 2.31. The van der Waals surface area contributed by atoms with Crippen molar-refractivity contribution in [3.63, 3.8) is 0 Å². The summed E-state index contributed by atoms with van der Waals surface area (Å²) in [5, 5.41) is 2.97. The SMILES string of the molecule is CCCCOc1c(C(=O)OC)n(CC(OC)OC)cc(CNCc2ccc(F)cc2F)c1=O. The van der Waals surface area contributed by atoms with Crippen molar-refractivity contribution in [1.29, 1.82) is 0 Å². The molecule has 0 saturated carbocycles. The molecule has 1 aromatic carbocycles. The summed E-state index contributed by atoms with van der Waals surface area (Å²) in [6.45, 7) is 2.41. The average molecular weight is 468 g/mol. The molecule has 10 heteroatoms. The van der Waals surface area contributed by atoms with Crippen molar-refractivity contribution in [2.24, 2.45) is 0 Å². The Hall–Kier alpha value is -2.82. The van der Waals surface area contributed by atoms with Gasteiger partial charge in [0, 0.05) is 50.7 Å². The highest BCUT2D eigenvalue weighted by Gasteiger charge is 2.25. The van der Waals surface area contributed by atoms with E-state index in [4.69, 9.17) is 18.9 Å². The van der Waals surface area contributed by atoms with Crippen LogP contribution in [-0.2, 0) is 33.8 Å². The Morgan fingerprint density at radius 3 is 2.42 bits per heavy atom. The Morgan fingerprint density at radius 1 is 1.12 bits per heavy atom. The van der Waals surface area contributed by atoms with E-state index >= 15 is 0 Å². The molecular weight excluding hydrogens is 438 g/mol. The van der Waals surface area contributed by atoms with Crippen molar-refractivity contribution in [2.75, 3.05) is 27.9 Å². The van der Waals surface area contributed by atoms with Gasteiger partial charge >= 0.3 is 5.97 Å². The maximum atomic E-state index is 13.9. The maximum Gasteiger partial charge on any atom is 0.358 e. The van der Waals surface area contributed by atoms with Crippen LogP contribution in [-0.4, -0.2) is 44.8 Å². The highest BCUT2D eigenvalue weighted by Crippen LogP contribution is 2.19.